The maximum Gasteiger partial charge on any atom is 0.143 e. The number of furan rings is 1. The van der Waals surface area contributed by atoms with Gasteiger partial charge in [0.1, 0.15) is 11.3 Å². The molecule has 0 aliphatic heterocycles. The van der Waals surface area contributed by atoms with Crippen LogP contribution < -0.4 is 0 Å². The van der Waals surface area contributed by atoms with Gasteiger partial charge in [-0.3, -0.25) is 0 Å². The molecule has 1 nitrogen and oxygen atoms in total. The van der Waals surface area contributed by atoms with E-state index in [1.54, 1.807) is 0 Å². The van der Waals surface area contributed by atoms with Crippen molar-refractivity contribution in [1.29, 1.82) is 0 Å². The van der Waals surface area contributed by atoms with Crippen molar-refractivity contribution in [3.05, 3.63) is 146 Å². The third kappa shape index (κ3) is 3.36. The Bertz CT molecular complexity index is 2390. The molecule has 0 bridgehead atoms. The molecular formula is C40H24OS. The molecule has 2 aromatic heterocycles. The van der Waals surface area contributed by atoms with Gasteiger partial charge in [0.15, 0.2) is 0 Å². The number of thiophene rings is 1. The maximum atomic E-state index is 6.88. The summed E-state index contributed by atoms with van der Waals surface area (Å²) in [6, 6.07) is 52.2. The molecule has 0 atom stereocenters. The van der Waals surface area contributed by atoms with Crippen LogP contribution in [0, 0.1) is 0 Å². The Balaban J connectivity index is 1.55. The van der Waals surface area contributed by atoms with E-state index in [2.05, 4.69) is 146 Å². The molecule has 0 aliphatic carbocycles. The van der Waals surface area contributed by atoms with Crippen molar-refractivity contribution in [2.24, 2.45) is 0 Å². The lowest BCUT2D eigenvalue weighted by atomic mass is 9.84. The second kappa shape index (κ2) is 9.17. The minimum absolute atomic E-state index is 0.913. The molecule has 0 N–H and O–H groups in total. The van der Waals surface area contributed by atoms with Gasteiger partial charge in [-0.25, -0.2) is 0 Å². The second-order valence-electron chi connectivity index (χ2n) is 10.8. The van der Waals surface area contributed by atoms with Crippen LogP contribution >= 0.6 is 11.3 Å². The summed E-state index contributed by atoms with van der Waals surface area (Å²) in [5, 5.41) is 8.68. The van der Waals surface area contributed by atoms with Crippen molar-refractivity contribution in [2.75, 3.05) is 0 Å². The summed E-state index contributed by atoms with van der Waals surface area (Å²) in [5.74, 6) is 0.913. The fraction of sp³-hybridized carbons (Fsp3) is 0. The summed E-state index contributed by atoms with van der Waals surface area (Å²) in [4.78, 5) is 0. The van der Waals surface area contributed by atoms with Gasteiger partial charge in [0.05, 0.1) is 0 Å². The predicted octanol–water partition coefficient (Wildman–Crippen LogP) is 12.1. The first-order valence-corrected chi connectivity index (χ1v) is 15.1. The van der Waals surface area contributed by atoms with E-state index in [4.69, 9.17) is 4.42 Å². The number of fused-ring (bicyclic) bond motifs is 7. The van der Waals surface area contributed by atoms with Gasteiger partial charge in [0, 0.05) is 42.2 Å². The largest absolute Gasteiger partial charge is 0.455 e. The maximum absolute atomic E-state index is 6.88. The van der Waals surface area contributed by atoms with Crippen LogP contribution in [0.1, 0.15) is 0 Å². The molecule has 0 fully saturated rings. The Morgan fingerprint density at radius 3 is 1.52 bits per heavy atom. The Hall–Kier alpha value is -5.18. The number of rotatable bonds is 3. The average Bonchev–Trinajstić information content (AvgIpc) is 3.63. The molecular weight excluding hydrogens is 529 g/mol. The van der Waals surface area contributed by atoms with Crippen LogP contribution in [0.25, 0.3) is 86.3 Å². The summed E-state index contributed by atoms with van der Waals surface area (Å²) in [6.45, 7) is 0. The molecule has 0 saturated heterocycles. The van der Waals surface area contributed by atoms with E-state index in [9.17, 15) is 0 Å². The zero-order valence-corrected chi connectivity index (χ0v) is 23.5. The zero-order valence-electron chi connectivity index (χ0n) is 22.7. The Kier molecular flexibility index (Phi) is 5.13. The van der Waals surface area contributed by atoms with E-state index >= 15 is 0 Å². The van der Waals surface area contributed by atoms with Crippen LogP contribution in [0.4, 0.5) is 0 Å². The fourth-order valence-electron chi connectivity index (χ4n) is 6.75. The summed E-state index contributed by atoms with van der Waals surface area (Å²) >= 11 is 1.85. The first-order valence-electron chi connectivity index (χ1n) is 14.3. The van der Waals surface area contributed by atoms with Crippen LogP contribution in [0.2, 0.25) is 0 Å². The van der Waals surface area contributed by atoms with Crippen LogP contribution in [-0.2, 0) is 0 Å². The van der Waals surface area contributed by atoms with Gasteiger partial charge in [-0.05, 0) is 50.9 Å². The summed E-state index contributed by atoms with van der Waals surface area (Å²) in [6.07, 6.45) is 0. The number of benzene rings is 7. The number of hydrogen-bond donors (Lipinski definition) is 0. The highest BCUT2D eigenvalue weighted by molar-refractivity contribution is 7.26. The van der Waals surface area contributed by atoms with Crippen LogP contribution in [0.3, 0.4) is 0 Å². The Morgan fingerprint density at radius 2 is 0.881 bits per heavy atom. The molecule has 2 heterocycles. The minimum Gasteiger partial charge on any atom is -0.455 e. The van der Waals surface area contributed by atoms with E-state index in [0.717, 1.165) is 22.5 Å². The van der Waals surface area contributed by atoms with Crippen molar-refractivity contribution >= 4 is 64.0 Å². The second-order valence-corrected chi connectivity index (χ2v) is 11.9. The van der Waals surface area contributed by atoms with Crippen LogP contribution in [0.15, 0.2) is 150 Å². The predicted molar refractivity (Wildman–Crippen MR) is 180 cm³/mol. The third-order valence-corrected chi connectivity index (χ3v) is 9.61. The van der Waals surface area contributed by atoms with E-state index in [1.165, 1.54) is 63.8 Å². The van der Waals surface area contributed by atoms with E-state index in [-0.39, 0.29) is 0 Å². The SMILES string of the molecule is c1ccc(-c2oc3ccc4sc5ccccc5c4c3c2-c2c3ccccc3c(-c3ccccc3)c3ccccc23)cc1. The molecule has 42 heavy (non-hydrogen) atoms. The molecule has 0 saturated carbocycles. The van der Waals surface area contributed by atoms with Crippen LogP contribution in [-0.4, -0.2) is 0 Å². The summed E-state index contributed by atoms with van der Waals surface area (Å²) < 4.78 is 9.46. The van der Waals surface area contributed by atoms with Crippen molar-refractivity contribution in [3.8, 4) is 33.6 Å². The monoisotopic (exact) mass is 552 g/mol. The summed E-state index contributed by atoms with van der Waals surface area (Å²) in [7, 11) is 0. The smallest absolute Gasteiger partial charge is 0.143 e. The molecule has 0 aliphatic rings. The highest BCUT2D eigenvalue weighted by Crippen LogP contribution is 2.52. The highest BCUT2D eigenvalue weighted by Gasteiger charge is 2.26. The van der Waals surface area contributed by atoms with Crippen molar-refractivity contribution in [3.63, 3.8) is 0 Å². The normalized spacial score (nSPS) is 11.8. The molecule has 0 amide bonds. The summed E-state index contributed by atoms with van der Waals surface area (Å²) in [5.41, 5.74) is 6.88. The van der Waals surface area contributed by atoms with Crippen LogP contribution in [0.5, 0.6) is 0 Å². The molecule has 2 heteroatoms. The zero-order chi connectivity index (χ0) is 27.6. The lowest BCUT2D eigenvalue weighted by molar-refractivity contribution is 0.633. The lowest BCUT2D eigenvalue weighted by Gasteiger charge is -2.18. The van der Waals surface area contributed by atoms with Crippen molar-refractivity contribution < 1.29 is 4.42 Å². The third-order valence-electron chi connectivity index (χ3n) is 8.47. The van der Waals surface area contributed by atoms with Gasteiger partial charge in [0.2, 0.25) is 0 Å². The fourth-order valence-corrected chi connectivity index (χ4v) is 7.86. The molecule has 0 radical (unpaired) electrons. The molecule has 7 aromatic carbocycles. The molecule has 196 valence electrons. The molecule has 9 aromatic rings. The topological polar surface area (TPSA) is 13.1 Å². The van der Waals surface area contributed by atoms with Gasteiger partial charge in [-0.1, -0.05) is 127 Å². The van der Waals surface area contributed by atoms with Gasteiger partial charge >= 0.3 is 0 Å². The Labute approximate surface area is 246 Å². The lowest BCUT2D eigenvalue weighted by Crippen LogP contribution is -1.91. The first kappa shape index (κ1) is 23.5. The minimum atomic E-state index is 0.913. The van der Waals surface area contributed by atoms with Crippen molar-refractivity contribution in [2.45, 2.75) is 0 Å². The molecule has 0 unspecified atom stereocenters. The standard InChI is InChI=1S/C40H24OS/c1-3-13-25(14-4-1)35-27-17-7-9-19-29(27)36(30-20-10-8-18-28(30)35)39-38-32(41-40(39)26-15-5-2-6-16-26)23-24-34-37(38)31-21-11-12-22-33(31)42-34/h1-24H. The van der Waals surface area contributed by atoms with Gasteiger partial charge in [-0.2, -0.15) is 0 Å². The van der Waals surface area contributed by atoms with E-state index < -0.39 is 0 Å². The average molecular weight is 553 g/mol. The van der Waals surface area contributed by atoms with Gasteiger partial charge < -0.3 is 4.42 Å². The quantitative estimate of drug-likeness (QED) is 0.199. The van der Waals surface area contributed by atoms with Crippen molar-refractivity contribution in [1.82, 2.24) is 0 Å². The number of hydrogen-bond acceptors (Lipinski definition) is 2. The van der Waals surface area contributed by atoms with E-state index in [0.29, 0.717) is 0 Å². The van der Waals surface area contributed by atoms with Gasteiger partial charge in [-0.15, -0.1) is 11.3 Å². The molecule has 9 rings (SSSR count). The first-order chi connectivity index (χ1) is 20.9. The Morgan fingerprint density at radius 1 is 0.357 bits per heavy atom. The van der Waals surface area contributed by atoms with E-state index in [1.807, 2.05) is 11.3 Å². The molecule has 0 spiro atoms. The highest BCUT2D eigenvalue weighted by atomic mass is 32.1. The van der Waals surface area contributed by atoms with Gasteiger partial charge in [0.25, 0.3) is 0 Å².